The molecule has 0 bridgehead atoms. The molecule has 2 rings (SSSR count). The summed E-state index contributed by atoms with van der Waals surface area (Å²) in [7, 11) is 0. The van der Waals surface area contributed by atoms with Crippen LogP contribution in [0.4, 0.5) is 0 Å². The number of nitrogens with two attached hydrogens (primary N) is 3. The third kappa shape index (κ3) is 5.92. The number of benzene rings is 1. The fourth-order valence-corrected chi connectivity index (χ4v) is 3.60. The molecule has 1 aromatic rings. The average molecular weight is 370 g/mol. The van der Waals surface area contributed by atoms with Crippen molar-refractivity contribution in [2.45, 2.75) is 32.6 Å². The van der Waals surface area contributed by atoms with Gasteiger partial charge in [0.2, 0.25) is 0 Å². The molecule has 1 heterocycles. The smallest absolute Gasteiger partial charge is 0.176 e. The predicted molar refractivity (Wildman–Crippen MR) is 110 cm³/mol. The van der Waals surface area contributed by atoms with E-state index in [0.29, 0.717) is 18.4 Å². The van der Waals surface area contributed by atoms with Gasteiger partial charge in [0.25, 0.3) is 0 Å². The van der Waals surface area contributed by atoms with Crippen LogP contribution in [0.1, 0.15) is 42.9 Å². The van der Waals surface area contributed by atoms with E-state index < -0.39 is 0 Å². The van der Waals surface area contributed by atoms with Crippen molar-refractivity contribution in [3.63, 3.8) is 0 Å². The molecule has 0 spiro atoms. The second kappa shape index (κ2) is 9.87. The summed E-state index contributed by atoms with van der Waals surface area (Å²) in [5, 5.41) is 15.2. The third-order valence-electron chi connectivity index (χ3n) is 4.71. The number of hydrogen-bond acceptors (Lipinski definition) is 5. The first-order valence-corrected chi connectivity index (χ1v) is 9.32. The maximum Gasteiger partial charge on any atom is 0.176 e. The normalized spacial score (nSPS) is 18.9. The van der Waals surface area contributed by atoms with Crippen LogP contribution in [0.15, 0.2) is 52.6 Å². The zero-order valence-electron chi connectivity index (χ0n) is 16.2. The van der Waals surface area contributed by atoms with Crippen LogP contribution >= 0.6 is 0 Å². The minimum absolute atomic E-state index is 0.106. The van der Waals surface area contributed by atoms with Crippen LogP contribution in [0.2, 0.25) is 0 Å². The van der Waals surface area contributed by atoms with Crippen LogP contribution < -0.4 is 17.3 Å². The van der Waals surface area contributed by atoms with E-state index in [4.69, 9.17) is 22.7 Å². The Morgan fingerprint density at radius 1 is 1.41 bits per heavy atom. The maximum absolute atomic E-state index is 8.18. The van der Waals surface area contributed by atoms with Gasteiger partial charge in [0.15, 0.2) is 5.84 Å². The molecular formula is C20H31N7. The van der Waals surface area contributed by atoms with Crippen LogP contribution in [-0.2, 0) is 6.42 Å². The van der Waals surface area contributed by atoms with Crippen molar-refractivity contribution in [3.8, 4) is 0 Å². The molecule has 0 aromatic heterocycles. The second-order valence-corrected chi connectivity index (χ2v) is 7.43. The largest absolute Gasteiger partial charge is 0.405 e. The molecule has 1 aliphatic heterocycles. The molecule has 0 aliphatic carbocycles. The Morgan fingerprint density at radius 2 is 2.19 bits per heavy atom. The van der Waals surface area contributed by atoms with Gasteiger partial charge in [0, 0.05) is 24.4 Å². The Balaban J connectivity index is 2.23. The summed E-state index contributed by atoms with van der Waals surface area (Å²) in [5.74, 6) is 6.17. The summed E-state index contributed by atoms with van der Waals surface area (Å²) in [5.41, 5.74) is 15.4. The molecule has 7 heteroatoms. The summed E-state index contributed by atoms with van der Waals surface area (Å²) < 4.78 is 0. The first kappa shape index (κ1) is 20.6. The summed E-state index contributed by atoms with van der Waals surface area (Å²) in [6.07, 6.45) is 7.08. The SMILES string of the molecule is CC(C)Cc1ccc(C(=N)/N=N\N)c(C2CCN(C/C(N)=C/C=C\N)C2)c1. The quantitative estimate of drug-likeness (QED) is 0.147. The van der Waals surface area contributed by atoms with Crippen LogP contribution in [0.5, 0.6) is 0 Å². The molecule has 27 heavy (non-hydrogen) atoms. The maximum atomic E-state index is 8.18. The van der Waals surface area contributed by atoms with Crippen molar-refractivity contribution < 1.29 is 0 Å². The summed E-state index contributed by atoms with van der Waals surface area (Å²) in [6.45, 7) is 6.99. The van der Waals surface area contributed by atoms with E-state index in [1.165, 1.54) is 11.8 Å². The fraction of sp³-hybridized carbons (Fsp3) is 0.450. The zero-order valence-corrected chi connectivity index (χ0v) is 16.2. The Kier molecular flexibility index (Phi) is 7.55. The van der Waals surface area contributed by atoms with Gasteiger partial charge in [-0.3, -0.25) is 10.3 Å². The molecule has 1 aliphatic rings. The second-order valence-electron chi connectivity index (χ2n) is 7.43. The third-order valence-corrected chi connectivity index (χ3v) is 4.71. The predicted octanol–water partition coefficient (Wildman–Crippen LogP) is 2.64. The number of nitrogens with zero attached hydrogens (tertiary/aromatic N) is 3. The van der Waals surface area contributed by atoms with Gasteiger partial charge in [-0.2, -0.15) is 0 Å². The van der Waals surface area contributed by atoms with Crippen molar-refractivity contribution in [1.82, 2.24) is 4.90 Å². The zero-order chi connectivity index (χ0) is 19.8. The van der Waals surface area contributed by atoms with Gasteiger partial charge < -0.3 is 17.3 Å². The van der Waals surface area contributed by atoms with E-state index in [0.717, 1.165) is 42.8 Å². The van der Waals surface area contributed by atoms with Gasteiger partial charge in [-0.1, -0.05) is 37.3 Å². The van der Waals surface area contributed by atoms with Gasteiger partial charge in [-0.15, -0.1) is 5.11 Å². The molecule has 1 atom stereocenters. The lowest BCUT2D eigenvalue weighted by Crippen LogP contribution is -2.26. The Bertz CT molecular complexity index is 734. The first-order valence-electron chi connectivity index (χ1n) is 9.32. The monoisotopic (exact) mass is 369 g/mol. The number of rotatable bonds is 7. The van der Waals surface area contributed by atoms with Crippen molar-refractivity contribution in [2.75, 3.05) is 19.6 Å². The lowest BCUT2D eigenvalue weighted by molar-refractivity contribution is 0.362. The van der Waals surface area contributed by atoms with Crippen molar-refractivity contribution in [1.29, 1.82) is 5.41 Å². The Labute approximate surface area is 161 Å². The molecule has 1 aromatic carbocycles. The van der Waals surface area contributed by atoms with E-state index in [2.05, 4.69) is 41.2 Å². The number of amidine groups is 1. The average Bonchev–Trinajstić information content (AvgIpc) is 3.07. The van der Waals surface area contributed by atoms with Gasteiger partial charge in [-0.25, -0.2) is 0 Å². The van der Waals surface area contributed by atoms with Gasteiger partial charge >= 0.3 is 0 Å². The highest BCUT2D eigenvalue weighted by molar-refractivity contribution is 5.98. The van der Waals surface area contributed by atoms with E-state index in [9.17, 15) is 0 Å². The number of likely N-dealkylation sites (tertiary alicyclic amines) is 1. The first-order chi connectivity index (χ1) is 12.9. The summed E-state index contributed by atoms with van der Waals surface area (Å²) in [4.78, 5) is 2.33. The highest BCUT2D eigenvalue weighted by Crippen LogP contribution is 2.31. The standard InChI is InChI=1S/C20H31N7/c1-14(2)10-15-5-6-18(20(23)25-26-24)19(11-15)16-7-9-27(12-16)13-17(22)4-3-8-21/h3-6,8,11,14,16H,7,9-10,12-13,21-22H2,1-2H3,(H3,23,24,25)/b8-3-,17-4-. The van der Waals surface area contributed by atoms with E-state index >= 15 is 0 Å². The fourth-order valence-electron chi connectivity index (χ4n) is 3.60. The number of nitrogens with one attached hydrogen (secondary N) is 1. The van der Waals surface area contributed by atoms with E-state index in [-0.39, 0.29) is 5.84 Å². The van der Waals surface area contributed by atoms with Gasteiger partial charge in [0.05, 0.1) is 0 Å². The molecule has 1 saturated heterocycles. The van der Waals surface area contributed by atoms with Gasteiger partial charge in [0.1, 0.15) is 0 Å². The number of hydrogen-bond donors (Lipinski definition) is 4. The van der Waals surface area contributed by atoms with Crippen molar-refractivity contribution in [2.24, 2.45) is 33.6 Å². The van der Waals surface area contributed by atoms with Crippen LogP contribution in [0.3, 0.4) is 0 Å². The molecule has 0 amide bonds. The van der Waals surface area contributed by atoms with Crippen molar-refractivity contribution >= 4 is 5.84 Å². The van der Waals surface area contributed by atoms with Crippen LogP contribution in [0.25, 0.3) is 0 Å². The van der Waals surface area contributed by atoms with Gasteiger partial charge in [-0.05, 0) is 60.7 Å². The highest BCUT2D eigenvalue weighted by atomic mass is 15.3. The number of allylic oxidation sites excluding steroid dienone is 2. The summed E-state index contributed by atoms with van der Waals surface area (Å²) in [6, 6.07) is 6.28. The van der Waals surface area contributed by atoms with Crippen LogP contribution in [0, 0.1) is 11.3 Å². The molecule has 7 N–H and O–H groups in total. The lowest BCUT2D eigenvalue weighted by Gasteiger charge is -2.19. The molecule has 146 valence electrons. The van der Waals surface area contributed by atoms with Crippen LogP contribution in [-0.4, -0.2) is 30.4 Å². The minimum Gasteiger partial charge on any atom is -0.405 e. The Morgan fingerprint density at radius 3 is 2.85 bits per heavy atom. The molecular weight excluding hydrogens is 338 g/mol. The molecule has 0 saturated carbocycles. The lowest BCUT2D eigenvalue weighted by atomic mass is 9.89. The molecule has 1 fully saturated rings. The molecule has 7 nitrogen and oxygen atoms in total. The highest BCUT2D eigenvalue weighted by Gasteiger charge is 2.27. The Hall–Kier alpha value is -2.67. The minimum atomic E-state index is 0.106. The topological polar surface area (TPSA) is 130 Å². The summed E-state index contributed by atoms with van der Waals surface area (Å²) >= 11 is 0. The van der Waals surface area contributed by atoms with E-state index in [1.54, 1.807) is 6.08 Å². The van der Waals surface area contributed by atoms with Crippen molar-refractivity contribution in [3.05, 3.63) is 58.9 Å². The molecule has 0 radical (unpaired) electrons. The molecule has 1 unspecified atom stereocenters. The van der Waals surface area contributed by atoms with E-state index in [1.807, 2.05) is 12.1 Å².